The first-order valence-electron chi connectivity index (χ1n) is 16.4. The molecule has 4 heteroatoms. The molecule has 0 radical (unpaired) electrons. The second-order valence-corrected chi connectivity index (χ2v) is 10.1. The van der Waals surface area contributed by atoms with Gasteiger partial charge >= 0.3 is 0 Å². The van der Waals surface area contributed by atoms with Crippen LogP contribution >= 0.6 is 0 Å². The van der Waals surface area contributed by atoms with Crippen molar-refractivity contribution in [1.29, 1.82) is 0 Å². The lowest BCUT2D eigenvalue weighted by Gasteiger charge is -2.09. The van der Waals surface area contributed by atoms with Gasteiger partial charge in [-0.3, -0.25) is 0 Å². The lowest BCUT2D eigenvalue weighted by Crippen LogP contribution is -2.00. The van der Waals surface area contributed by atoms with Crippen LogP contribution in [0.25, 0.3) is 78.4 Å². The fraction of sp³-hybridized carbons (Fsp3) is 0. The van der Waals surface area contributed by atoms with Crippen molar-refractivity contribution in [3.8, 4) is 56.4 Å². The van der Waals surface area contributed by atoms with Crippen LogP contribution in [0.1, 0.15) is 6.85 Å². The zero-order valence-corrected chi connectivity index (χ0v) is 22.8. The van der Waals surface area contributed by atoms with Gasteiger partial charge in [0.25, 0.3) is 0 Å². The van der Waals surface area contributed by atoms with Crippen LogP contribution < -0.4 is 0 Å². The monoisotopic (exact) mass is 556 g/mol. The maximum Gasteiger partial charge on any atom is 0.164 e. The number of furan rings is 1. The van der Waals surface area contributed by atoms with Crippen molar-refractivity contribution in [3.05, 3.63) is 152 Å². The van der Waals surface area contributed by atoms with E-state index in [0.29, 0.717) is 28.6 Å². The highest BCUT2D eigenvalue weighted by Gasteiger charge is 2.16. The van der Waals surface area contributed by atoms with Crippen LogP contribution in [-0.4, -0.2) is 15.0 Å². The molecule has 6 aromatic carbocycles. The minimum absolute atomic E-state index is 0.143. The summed E-state index contributed by atoms with van der Waals surface area (Å²) >= 11 is 0. The smallest absolute Gasteiger partial charge is 0.164 e. The third-order valence-electron chi connectivity index (χ3n) is 7.44. The molecular weight excluding hydrogens is 526 g/mol. The van der Waals surface area contributed by atoms with Crippen LogP contribution in [0.3, 0.4) is 0 Å². The highest BCUT2D eigenvalue weighted by molar-refractivity contribution is 6.13. The minimum atomic E-state index is -0.422. The Labute approximate surface area is 256 Å². The number of benzene rings is 6. The summed E-state index contributed by atoms with van der Waals surface area (Å²) in [5.74, 6) is 1.43. The minimum Gasteiger partial charge on any atom is -0.456 e. The van der Waals surface area contributed by atoms with Gasteiger partial charge in [0.15, 0.2) is 17.5 Å². The van der Waals surface area contributed by atoms with E-state index in [1.165, 1.54) is 0 Å². The molecule has 0 unspecified atom stereocenters. The summed E-state index contributed by atoms with van der Waals surface area (Å²) in [7, 11) is 0. The predicted octanol–water partition coefficient (Wildman–Crippen LogP) is 10.1. The quantitative estimate of drug-likeness (QED) is 0.212. The second-order valence-electron chi connectivity index (χ2n) is 10.1. The molecule has 0 amide bonds. The van der Waals surface area contributed by atoms with Gasteiger partial charge < -0.3 is 4.42 Å². The van der Waals surface area contributed by atoms with Crippen molar-refractivity contribution in [2.45, 2.75) is 0 Å². The highest BCUT2D eigenvalue weighted by Crippen LogP contribution is 2.38. The molecule has 0 aliphatic rings. The molecule has 8 aromatic rings. The van der Waals surface area contributed by atoms with Crippen LogP contribution in [0.2, 0.25) is 0 Å². The third-order valence-corrected chi connectivity index (χ3v) is 7.44. The number of aromatic nitrogens is 3. The molecule has 0 fully saturated rings. The molecule has 0 spiro atoms. The van der Waals surface area contributed by atoms with E-state index in [2.05, 4.69) is 24.3 Å². The number of nitrogens with zero attached hydrogens (tertiary/aromatic N) is 3. The average Bonchev–Trinajstić information content (AvgIpc) is 3.52. The average molecular weight is 557 g/mol. The van der Waals surface area contributed by atoms with E-state index in [1.54, 1.807) is 24.3 Å². The Hall–Kier alpha value is -5.87. The number of rotatable bonds is 5. The second kappa shape index (κ2) is 10.5. The zero-order valence-electron chi connectivity index (χ0n) is 27.8. The largest absolute Gasteiger partial charge is 0.456 e. The van der Waals surface area contributed by atoms with Crippen LogP contribution in [0.15, 0.2) is 156 Å². The zero-order chi connectivity index (χ0) is 32.9. The normalized spacial score (nSPS) is 12.9. The van der Waals surface area contributed by atoms with Gasteiger partial charge in [0.2, 0.25) is 0 Å². The Kier molecular flexibility index (Phi) is 4.91. The van der Waals surface area contributed by atoms with E-state index in [9.17, 15) is 0 Å². The Balaban J connectivity index is 1.28. The summed E-state index contributed by atoms with van der Waals surface area (Å²) in [4.78, 5) is 14.7. The van der Waals surface area contributed by atoms with E-state index < -0.39 is 6.04 Å². The SMILES string of the molecule is [2H]c1c([2H])c([2H])c(-c2ccc(-c3nc(-c4ccccc4)nc(-c4ccc5oc6cccc(-c7ccccc7)c6c5c4)n3)cc2)c([2H])c1[2H]. The first-order chi connectivity index (χ1) is 23.4. The summed E-state index contributed by atoms with van der Waals surface area (Å²) in [5, 5.41) is 1.97. The molecule has 0 saturated heterocycles. The first-order valence-corrected chi connectivity index (χ1v) is 13.9. The van der Waals surface area contributed by atoms with Crippen molar-refractivity contribution in [3.63, 3.8) is 0 Å². The maximum absolute atomic E-state index is 8.38. The lowest BCUT2D eigenvalue weighted by atomic mass is 9.99. The molecule has 0 aliphatic carbocycles. The van der Waals surface area contributed by atoms with Gasteiger partial charge in [-0.1, -0.05) is 127 Å². The molecule has 2 aromatic heterocycles. The van der Waals surface area contributed by atoms with Crippen molar-refractivity contribution in [2.24, 2.45) is 0 Å². The predicted molar refractivity (Wildman–Crippen MR) is 174 cm³/mol. The molecule has 43 heavy (non-hydrogen) atoms. The summed E-state index contributed by atoms with van der Waals surface area (Å²) < 4.78 is 47.1. The van der Waals surface area contributed by atoms with Crippen LogP contribution in [0.4, 0.5) is 0 Å². The molecule has 8 rings (SSSR count). The van der Waals surface area contributed by atoms with Gasteiger partial charge in [0, 0.05) is 27.5 Å². The molecule has 0 bridgehead atoms. The Bertz CT molecular complexity index is 2470. The van der Waals surface area contributed by atoms with Gasteiger partial charge in [-0.15, -0.1) is 0 Å². The van der Waals surface area contributed by atoms with Crippen molar-refractivity contribution >= 4 is 21.9 Å². The number of fused-ring (bicyclic) bond motifs is 3. The van der Waals surface area contributed by atoms with Crippen molar-refractivity contribution in [2.75, 3.05) is 0 Å². The summed E-state index contributed by atoms with van der Waals surface area (Å²) in [6.45, 7) is 0. The standard InChI is InChI=1S/C39H25N3O/c1-4-11-26(12-5-1)27-19-21-30(22-20-27)38-40-37(29-15-8-3-9-16-29)41-39(42-38)31-23-24-34-33(25-31)36-32(17-10-18-35(36)43-34)28-13-6-2-7-14-28/h1-25H/i1D,4D,5D,11D,12D. The molecule has 0 saturated carbocycles. The van der Waals surface area contributed by atoms with E-state index in [0.717, 1.165) is 44.2 Å². The summed E-state index contributed by atoms with van der Waals surface area (Å²) in [6, 6.07) is 37.3. The van der Waals surface area contributed by atoms with E-state index in [-0.39, 0.29) is 29.7 Å². The fourth-order valence-corrected chi connectivity index (χ4v) is 5.35. The number of hydrogen-bond acceptors (Lipinski definition) is 4. The van der Waals surface area contributed by atoms with Gasteiger partial charge in [-0.25, -0.2) is 15.0 Å². The Morgan fingerprint density at radius 1 is 0.442 bits per heavy atom. The van der Waals surface area contributed by atoms with Crippen LogP contribution in [-0.2, 0) is 0 Å². The number of hydrogen-bond donors (Lipinski definition) is 0. The molecule has 2 heterocycles. The molecule has 202 valence electrons. The highest BCUT2D eigenvalue weighted by atomic mass is 16.3. The third kappa shape index (κ3) is 4.65. The maximum atomic E-state index is 8.38. The molecule has 0 atom stereocenters. The lowest BCUT2D eigenvalue weighted by molar-refractivity contribution is 0.669. The van der Waals surface area contributed by atoms with Crippen LogP contribution in [0, 0.1) is 0 Å². The Morgan fingerprint density at radius 3 is 1.72 bits per heavy atom. The van der Waals surface area contributed by atoms with E-state index in [4.69, 9.17) is 26.2 Å². The first kappa shape index (κ1) is 20.1. The molecule has 0 aliphatic heterocycles. The van der Waals surface area contributed by atoms with Gasteiger partial charge in [0.1, 0.15) is 11.2 Å². The topological polar surface area (TPSA) is 51.8 Å². The molecular formula is C39H25N3O. The van der Waals surface area contributed by atoms with Gasteiger partial charge in [-0.05, 0) is 46.5 Å². The van der Waals surface area contributed by atoms with Gasteiger partial charge in [-0.2, -0.15) is 0 Å². The Morgan fingerprint density at radius 2 is 1.02 bits per heavy atom. The van der Waals surface area contributed by atoms with E-state index in [1.807, 2.05) is 72.8 Å². The fourth-order valence-electron chi connectivity index (χ4n) is 5.35. The van der Waals surface area contributed by atoms with Gasteiger partial charge in [0.05, 0.1) is 6.85 Å². The summed E-state index contributed by atoms with van der Waals surface area (Å²) in [6.07, 6.45) is 0. The van der Waals surface area contributed by atoms with E-state index >= 15 is 0 Å². The van der Waals surface area contributed by atoms with Crippen molar-refractivity contribution in [1.82, 2.24) is 15.0 Å². The summed E-state index contributed by atoms with van der Waals surface area (Å²) in [5.41, 5.74) is 6.69. The van der Waals surface area contributed by atoms with Crippen molar-refractivity contribution < 1.29 is 11.3 Å². The molecule has 0 N–H and O–H groups in total. The van der Waals surface area contributed by atoms with Crippen LogP contribution in [0.5, 0.6) is 0 Å². The molecule has 4 nitrogen and oxygen atoms in total.